The zero-order valence-corrected chi connectivity index (χ0v) is 8.41. The van der Waals surface area contributed by atoms with Crippen LogP contribution in [0.4, 0.5) is 0 Å². The van der Waals surface area contributed by atoms with Crippen molar-refractivity contribution in [2.75, 3.05) is 0 Å². The molecule has 0 N–H and O–H groups in total. The largest absolute Gasteiger partial charge is 4.00 e. The fourth-order valence-electron chi connectivity index (χ4n) is 0.839. The van der Waals surface area contributed by atoms with E-state index in [0.717, 1.165) is 12.1 Å². The number of hydrogen-bond acceptors (Lipinski definition) is 4. The summed E-state index contributed by atoms with van der Waals surface area (Å²) in [6.45, 7) is 0. The summed E-state index contributed by atoms with van der Waals surface area (Å²) in [5.41, 5.74) is -0.727. The van der Waals surface area contributed by atoms with Crippen molar-refractivity contribution in [2.45, 2.75) is 0 Å². The molecule has 0 unspecified atom stereocenters. The second kappa shape index (κ2) is 6.31. The molecule has 0 spiro atoms. The molecule has 0 aliphatic carbocycles. The molecule has 0 aromatic heterocycles. The summed E-state index contributed by atoms with van der Waals surface area (Å²) in [6.07, 6.45) is 0. The van der Waals surface area contributed by atoms with Crippen LogP contribution < -0.4 is 10.2 Å². The average Bonchev–Trinajstić information content (AvgIpc) is 2.04. The molecule has 14 heavy (non-hydrogen) atoms. The molecular weight excluding hydrogens is 224 g/mol. The number of carbonyl (C=O) groups excluding carboxylic acids is 2. The fourth-order valence-corrected chi connectivity index (χ4v) is 0.839. The molecule has 0 fully saturated rings. The summed E-state index contributed by atoms with van der Waals surface area (Å²) in [5, 5.41) is 20.6. The maximum absolute atomic E-state index is 10.3. The molecule has 5 nitrogen and oxygen atoms in total. The molecule has 1 aromatic rings. The molecule has 0 bridgehead atoms. The van der Waals surface area contributed by atoms with Gasteiger partial charge in [0.15, 0.2) is 0 Å². The zero-order valence-electron chi connectivity index (χ0n) is 6.85. The summed E-state index contributed by atoms with van der Waals surface area (Å²) < 4.78 is 0. The normalized spacial score (nSPS) is 8.00. The number of hydrogen-bond donors (Lipinski definition) is 0. The van der Waals surface area contributed by atoms with Crippen molar-refractivity contribution in [3.8, 4) is 0 Å². The predicted molar refractivity (Wildman–Crippen MR) is 35.8 cm³/mol. The van der Waals surface area contributed by atoms with Crippen LogP contribution in [0.15, 0.2) is 24.3 Å². The summed E-state index contributed by atoms with van der Waals surface area (Å²) >= 11 is 0. The summed E-state index contributed by atoms with van der Waals surface area (Å²) in [4.78, 5) is 20.6. The Hall–Kier alpha value is -1.17. The summed E-state index contributed by atoms with van der Waals surface area (Å²) in [5.74, 6) is -3.04. The molecule has 6 heteroatoms. The first-order valence-electron chi connectivity index (χ1n) is 3.14. The van der Waals surface area contributed by atoms with E-state index in [0.29, 0.717) is 0 Å². The van der Waals surface area contributed by atoms with Gasteiger partial charge in [0.05, 0.1) is 11.9 Å². The van der Waals surface area contributed by atoms with Gasteiger partial charge in [0.2, 0.25) is 0 Å². The first-order valence-corrected chi connectivity index (χ1v) is 3.14. The van der Waals surface area contributed by atoms with Crippen LogP contribution in [0.5, 0.6) is 0 Å². The number of carboxylic acid groups (broad SMARTS) is 2. The number of rotatable bonds is 2. The number of carbonyl (C=O) groups is 2. The molecule has 70 valence electrons. The van der Waals surface area contributed by atoms with Gasteiger partial charge in [-0.15, -0.1) is 0 Å². The standard InChI is InChI=1S/C8H6O4.O.Ti/c9-7(10)5-3-1-2-4-6(5)8(11)12;;/h1-4H,(H,9,10)(H,11,12);;/q;-2;+4/p-2. The molecular formula is C8H4O5Ti. The fraction of sp³-hybridized carbons (Fsp3) is 0. The van der Waals surface area contributed by atoms with Gasteiger partial charge in [0.25, 0.3) is 0 Å². The van der Waals surface area contributed by atoms with E-state index in [2.05, 4.69) is 0 Å². The first-order chi connectivity index (χ1) is 5.63. The van der Waals surface area contributed by atoms with Crippen molar-refractivity contribution in [3.05, 3.63) is 35.4 Å². The second-order valence-corrected chi connectivity index (χ2v) is 2.12. The maximum Gasteiger partial charge on any atom is 4.00 e. The van der Waals surface area contributed by atoms with Crippen LogP contribution >= 0.6 is 0 Å². The Morgan fingerprint density at radius 2 is 1.21 bits per heavy atom. The van der Waals surface area contributed by atoms with Crippen LogP contribution in [0.2, 0.25) is 0 Å². The summed E-state index contributed by atoms with van der Waals surface area (Å²) in [7, 11) is 0. The zero-order chi connectivity index (χ0) is 9.14. The van der Waals surface area contributed by atoms with Crippen LogP contribution in [-0.2, 0) is 27.2 Å². The van der Waals surface area contributed by atoms with E-state index in [1.54, 1.807) is 0 Å². The van der Waals surface area contributed by atoms with E-state index < -0.39 is 11.9 Å². The molecule has 0 aliphatic heterocycles. The molecule has 0 radical (unpaired) electrons. The second-order valence-electron chi connectivity index (χ2n) is 2.12. The van der Waals surface area contributed by atoms with Gasteiger partial charge in [-0.25, -0.2) is 0 Å². The molecule has 0 saturated carbocycles. The Kier molecular flexibility index (Phi) is 6.90. The Morgan fingerprint density at radius 1 is 0.929 bits per heavy atom. The topological polar surface area (TPSA) is 109 Å². The van der Waals surface area contributed by atoms with Crippen molar-refractivity contribution in [1.29, 1.82) is 0 Å². The van der Waals surface area contributed by atoms with E-state index in [9.17, 15) is 19.8 Å². The van der Waals surface area contributed by atoms with Crippen molar-refractivity contribution in [3.63, 3.8) is 0 Å². The third kappa shape index (κ3) is 3.29. The van der Waals surface area contributed by atoms with Gasteiger partial charge in [-0.2, -0.15) is 0 Å². The minimum Gasteiger partial charge on any atom is -2.00 e. The molecule has 0 aliphatic rings. The predicted octanol–water partition coefficient (Wildman–Crippen LogP) is -1.71. The van der Waals surface area contributed by atoms with Gasteiger partial charge < -0.3 is 25.3 Å². The van der Waals surface area contributed by atoms with Gasteiger partial charge in [0.1, 0.15) is 0 Å². The Bertz CT molecular complexity index is 303. The van der Waals surface area contributed by atoms with E-state index in [1.165, 1.54) is 12.1 Å². The van der Waals surface area contributed by atoms with Crippen molar-refractivity contribution in [1.82, 2.24) is 0 Å². The van der Waals surface area contributed by atoms with Gasteiger partial charge >= 0.3 is 21.7 Å². The smallest absolute Gasteiger partial charge is 2.00 e. The van der Waals surface area contributed by atoms with E-state index >= 15 is 0 Å². The van der Waals surface area contributed by atoms with Crippen LogP contribution in [0.25, 0.3) is 0 Å². The van der Waals surface area contributed by atoms with E-state index in [1.807, 2.05) is 0 Å². The van der Waals surface area contributed by atoms with Gasteiger partial charge in [-0.05, 0) is 0 Å². The minimum atomic E-state index is -1.52. The van der Waals surface area contributed by atoms with Crippen LogP contribution in [0.1, 0.15) is 20.7 Å². The summed E-state index contributed by atoms with van der Waals surface area (Å²) in [6, 6.07) is 5.14. The molecule has 1 rings (SSSR count). The Labute approximate surface area is 94.6 Å². The maximum atomic E-state index is 10.3. The Balaban J connectivity index is 0. The molecule has 0 saturated heterocycles. The SMILES string of the molecule is O=C([O-])c1ccccc1C(=O)[O-].[O-2].[Ti+4]. The quantitative estimate of drug-likeness (QED) is 0.561. The average molecular weight is 228 g/mol. The minimum absolute atomic E-state index is 0. The van der Waals surface area contributed by atoms with Crippen molar-refractivity contribution < 1.29 is 47.0 Å². The van der Waals surface area contributed by atoms with Gasteiger partial charge in [-0.3, -0.25) is 0 Å². The van der Waals surface area contributed by atoms with Gasteiger partial charge in [-0.1, -0.05) is 24.3 Å². The third-order valence-corrected chi connectivity index (χ3v) is 1.37. The molecule has 1 aromatic carbocycles. The molecule has 0 heterocycles. The first kappa shape index (κ1) is 15.3. The van der Waals surface area contributed by atoms with E-state index in [4.69, 9.17) is 0 Å². The number of benzene rings is 1. The number of aromatic carboxylic acids is 2. The van der Waals surface area contributed by atoms with Crippen LogP contribution in [-0.4, -0.2) is 11.9 Å². The molecule has 0 amide bonds. The van der Waals surface area contributed by atoms with Crippen LogP contribution in [0, 0.1) is 0 Å². The van der Waals surface area contributed by atoms with Crippen molar-refractivity contribution >= 4 is 11.9 Å². The number of carboxylic acids is 2. The Morgan fingerprint density at radius 3 is 1.43 bits per heavy atom. The van der Waals surface area contributed by atoms with Gasteiger partial charge in [0, 0.05) is 11.1 Å². The monoisotopic (exact) mass is 228 g/mol. The van der Waals surface area contributed by atoms with Crippen molar-refractivity contribution in [2.24, 2.45) is 0 Å². The van der Waals surface area contributed by atoms with E-state index in [-0.39, 0.29) is 38.3 Å². The molecule has 0 atom stereocenters. The third-order valence-electron chi connectivity index (χ3n) is 1.37. The van der Waals surface area contributed by atoms with Crippen LogP contribution in [0.3, 0.4) is 0 Å².